The van der Waals surface area contributed by atoms with Crippen molar-refractivity contribution >= 4 is 11.8 Å². The van der Waals surface area contributed by atoms with Crippen molar-refractivity contribution in [2.24, 2.45) is 0 Å². The second-order valence-electron chi connectivity index (χ2n) is 8.21. The van der Waals surface area contributed by atoms with Crippen LogP contribution in [0.5, 0.6) is 0 Å². The van der Waals surface area contributed by atoms with Crippen LogP contribution in [0.2, 0.25) is 0 Å². The standard InChI is InChI=1S/C23H28FN5O2/c1-15-17-7-3-5-9-19(17)28-21(27-15)13-26-22(30)12-20-23(31)25-10-11-29(20)14-16-6-2-4-8-18(16)24/h2,4,6,8,20H,3,5,7,9-14H2,1H3,(H,25,31)(H,26,30). The second kappa shape index (κ2) is 9.51. The van der Waals surface area contributed by atoms with Gasteiger partial charge in [-0.05, 0) is 44.2 Å². The number of hydrogen-bond donors (Lipinski definition) is 2. The summed E-state index contributed by atoms with van der Waals surface area (Å²) in [5, 5.41) is 5.66. The highest BCUT2D eigenvalue weighted by Gasteiger charge is 2.32. The topological polar surface area (TPSA) is 87.2 Å². The molecule has 8 heteroatoms. The number of amides is 2. The molecule has 2 amide bonds. The molecule has 2 heterocycles. The number of hydrogen-bond acceptors (Lipinski definition) is 5. The van der Waals surface area contributed by atoms with E-state index >= 15 is 0 Å². The first kappa shape index (κ1) is 21.4. The van der Waals surface area contributed by atoms with Gasteiger partial charge in [0.15, 0.2) is 0 Å². The van der Waals surface area contributed by atoms with Crippen LogP contribution in [0.15, 0.2) is 24.3 Å². The van der Waals surface area contributed by atoms with Crippen LogP contribution >= 0.6 is 0 Å². The number of aryl methyl sites for hydroxylation is 2. The van der Waals surface area contributed by atoms with E-state index in [2.05, 4.69) is 20.6 Å². The van der Waals surface area contributed by atoms with E-state index in [0.717, 1.165) is 30.7 Å². The Kier molecular flexibility index (Phi) is 6.56. The molecule has 1 saturated heterocycles. The normalized spacial score (nSPS) is 18.9. The molecule has 1 atom stereocenters. The summed E-state index contributed by atoms with van der Waals surface area (Å²) in [6.07, 6.45) is 4.27. The molecule has 2 aliphatic rings. The van der Waals surface area contributed by atoms with E-state index in [4.69, 9.17) is 0 Å². The lowest BCUT2D eigenvalue weighted by Gasteiger charge is -2.34. The maximum Gasteiger partial charge on any atom is 0.237 e. The summed E-state index contributed by atoms with van der Waals surface area (Å²) in [6, 6.07) is 5.87. The van der Waals surface area contributed by atoms with Crippen LogP contribution in [-0.2, 0) is 35.5 Å². The SMILES string of the molecule is Cc1nc(CNC(=O)CC2C(=O)NCCN2Cc2ccccc2F)nc2c1CCCC2. The number of fused-ring (bicyclic) bond motifs is 1. The van der Waals surface area contributed by atoms with E-state index in [1.54, 1.807) is 18.2 Å². The molecular formula is C23H28FN5O2. The summed E-state index contributed by atoms with van der Waals surface area (Å²) < 4.78 is 14.1. The number of aromatic nitrogens is 2. The number of carbonyl (C=O) groups excluding carboxylic acids is 2. The molecular weight excluding hydrogens is 397 g/mol. The summed E-state index contributed by atoms with van der Waals surface area (Å²) in [4.78, 5) is 36.1. The van der Waals surface area contributed by atoms with Crippen molar-refractivity contribution in [2.75, 3.05) is 13.1 Å². The van der Waals surface area contributed by atoms with E-state index in [-0.39, 0.29) is 37.1 Å². The minimum absolute atomic E-state index is 0.00418. The Labute approximate surface area is 181 Å². The molecule has 0 radical (unpaired) electrons. The summed E-state index contributed by atoms with van der Waals surface area (Å²) in [5.74, 6) is -0.169. The molecule has 0 bridgehead atoms. The first-order valence-corrected chi connectivity index (χ1v) is 10.9. The van der Waals surface area contributed by atoms with Gasteiger partial charge < -0.3 is 10.6 Å². The van der Waals surface area contributed by atoms with Crippen LogP contribution in [0.4, 0.5) is 4.39 Å². The number of rotatable bonds is 6. The number of benzene rings is 1. The monoisotopic (exact) mass is 425 g/mol. The molecule has 1 aliphatic heterocycles. The predicted octanol–water partition coefficient (Wildman–Crippen LogP) is 1.81. The summed E-state index contributed by atoms with van der Waals surface area (Å²) in [7, 11) is 0. The Morgan fingerprint density at radius 1 is 1.26 bits per heavy atom. The molecule has 4 rings (SSSR count). The third-order valence-electron chi connectivity index (χ3n) is 6.03. The van der Waals surface area contributed by atoms with Crippen molar-refractivity contribution in [2.45, 2.75) is 58.2 Å². The Balaban J connectivity index is 1.38. The minimum Gasteiger partial charge on any atom is -0.353 e. The van der Waals surface area contributed by atoms with Crippen LogP contribution < -0.4 is 10.6 Å². The zero-order chi connectivity index (χ0) is 21.8. The maximum absolute atomic E-state index is 14.1. The Morgan fingerprint density at radius 3 is 2.90 bits per heavy atom. The van der Waals surface area contributed by atoms with Gasteiger partial charge in [0.1, 0.15) is 11.6 Å². The Bertz CT molecular complexity index is 980. The van der Waals surface area contributed by atoms with Gasteiger partial charge in [0.05, 0.1) is 19.0 Å². The number of carbonyl (C=O) groups is 2. The zero-order valence-electron chi connectivity index (χ0n) is 17.8. The lowest BCUT2D eigenvalue weighted by Crippen LogP contribution is -2.56. The molecule has 0 saturated carbocycles. The van der Waals surface area contributed by atoms with Gasteiger partial charge in [-0.25, -0.2) is 14.4 Å². The largest absolute Gasteiger partial charge is 0.353 e. The van der Waals surface area contributed by atoms with Crippen molar-refractivity contribution in [3.8, 4) is 0 Å². The van der Waals surface area contributed by atoms with Crippen molar-refractivity contribution in [3.05, 3.63) is 58.4 Å². The van der Waals surface area contributed by atoms with E-state index in [1.165, 1.54) is 18.1 Å². The summed E-state index contributed by atoms with van der Waals surface area (Å²) in [5.41, 5.74) is 3.83. The van der Waals surface area contributed by atoms with Gasteiger partial charge in [0, 0.05) is 36.6 Å². The highest BCUT2D eigenvalue weighted by molar-refractivity contribution is 5.88. The molecule has 164 valence electrons. The molecule has 1 aliphatic carbocycles. The second-order valence-corrected chi connectivity index (χ2v) is 8.21. The molecule has 0 spiro atoms. The molecule has 1 unspecified atom stereocenters. The minimum atomic E-state index is -0.639. The van der Waals surface area contributed by atoms with Crippen LogP contribution in [0.1, 0.15) is 47.6 Å². The number of nitrogens with one attached hydrogen (secondary N) is 2. The Hall–Kier alpha value is -2.87. The smallest absolute Gasteiger partial charge is 0.237 e. The van der Waals surface area contributed by atoms with Gasteiger partial charge in [0.25, 0.3) is 0 Å². The van der Waals surface area contributed by atoms with Crippen molar-refractivity contribution in [1.82, 2.24) is 25.5 Å². The summed E-state index contributed by atoms with van der Waals surface area (Å²) >= 11 is 0. The summed E-state index contributed by atoms with van der Waals surface area (Å²) in [6.45, 7) is 3.54. The molecule has 2 N–H and O–H groups in total. The van der Waals surface area contributed by atoms with Crippen molar-refractivity contribution < 1.29 is 14.0 Å². The quantitative estimate of drug-likeness (QED) is 0.737. The van der Waals surface area contributed by atoms with E-state index < -0.39 is 6.04 Å². The average molecular weight is 426 g/mol. The van der Waals surface area contributed by atoms with Gasteiger partial charge in [-0.15, -0.1) is 0 Å². The van der Waals surface area contributed by atoms with Gasteiger partial charge >= 0.3 is 0 Å². The lowest BCUT2D eigenvalue weighted by atomic mass is 9.95. The molecule has 2 aromatic rings. The third-order valence-corrected chi connectivity index (χ3v) is 6.03. The lowest BCUT2D eigenvalue weighted by molar-refractivity contribution is -0.134. The molecule has 1 fully saturated rings. The molecule has 7 nitrogen and oxygen atoms in total. The number of halogens is 1. The molecule has 31 heavy (non-hydrogen) atoms. The van der Waals surface area contributed by atoms with Gasteiger partial charge in [-0.3, -0.25) is 14.5 Å². The van der Waals surface area contributed by atoms with Crippen LogP contribution in [0.25, 0.3) is 0 Å². The van der Waals surface area contributed by atoms with Gasteiger partial charge in [-0.2, -0.15) is 0 Å². The fourth-order valence-electron chi connectivity index (χ4n) is 4.37. The van der Waals surface area contributed by atoms with E-state index in [9.17, 15) is 14.0 Å². The van der Waals surface area contributed by atoms with Gasteiger partial charge in [0.2, 0.25) is 11.8 Å². The first-order chi connectivity index (χ1) is 15.0. The van der Waals surface area contributed by atoms with Crippen LogP contribution in [0, 0.1) is 12.7 Å². The number of nitrogens with zero attached hydrogens (tertiary/aromatic N) is 3. The van der Waals surface area contributed by atoms with Crippen LogP contribution in [0.3, 0.4) is 0 Å². The van der Waals surface area contributed by atoms with E-state index in [1.807, 2.05) is 11.8 Å². The van der Waals surface area contributed by atoms with Crippen LogP contribution in [-0.4, -0.2) is 45.8 Å². The highest BCUT2D eigenvalue weighted by atomic mass is 19.1. The molecule has 1 aromatic carbocycles. The first-order valence-electron chi connectivity index (χ1n) is 10.9. The third kappa shape index (κ3) is 5.07. The van der Waals surface area contributed by atoms with Gasteiger partial charge in [-0.1, -0.05) is 18.2 Å². The maximum atomic E-state index is 14.1. The highest BCUT2D eigenvalue weighted by Crippen LogP contribution is 2.21. The number of piperazine rings is 1. The van der Waals surface area contributed by atoms with Crippen molar-refractivity contribution in [1.29, 1.82) is 0 Å². The van der Waals surface area contributed by atoms with E-state index in [0.29, 0.717) is 24.5 Å². The molecule has 1 aromatic heterocycles. The zero-order valence-corrected chi connectivity index (χ0v) is 17.8. The fourth-order valence-corrected chi connectivity index (χ4v) is 4.37. The fraction of sp³-hybridized carbons (Fsp3) is 0.478. The Morgan fingerprint density at radius 2 is 2.06 bits per heavy atom. The average Bonchev–Trinajstić information content (AvgIpc) is 2.76. The van der Waals surface area contributed by atoms with Crippen molar-refractivity contribution in [3.63, 3.8) is 0 Å². The predicted molar refractivity (Wildman–Crippen MR) is 113 cm³/mol.